The van der Waals surface area contributed by atoms with E-state index >= 15 is 0 Å². The summed E-state index contributed by atoms with van der Waals surface area (Å²) in [5, 5.41) is 7.58. The summed E-state index contributed by atoms with van der Waals surface area (Å²) in [7, 11) is 0. The van der Waals surface area contributed by atoms with Crippen LogP contribution >= 0.6 is 11.3 Å². The van der Waals surface area contributed by atoms with Crippen LogP contribution < -0.4 is 15.4 Å². The molecule has 0 spiro atoms. The fourth-order valence-corrected chi connectivity index (χ4v) is 4.63. The van der Waals surface area contributed by atoms with Crippen LogP contribution in [0, 0.1) is 0 Å². The van der Waals surface area contributed by atoms with Gasteiger partial charge in [-0.15, -0.1) is 11.3 Å². The molecule has 0 unspecified atom stereocenters. The van der Waals surface area contributed by atoms with Crippen LogP contribution in [0.5, 0.6) is 5.75 Å². The van der Waals surface area contributed by atoms with E-state index in [1.807, 2.05) is 6.92 Å². The number of carbonyl (C=O) groups excluding carboxylic acids is 2. The minimum Gasteiger partial charge on any atom is -0.494 e. The quantitative estimate of drug-likeness (QED) is 0.735. The van der Waals surface area contributed by atoms with Gasteiger partial charge in [-0.2, -0.15) is 0 Å². The summed E-state index contributed by atoms with van der Waals surface area (Å²) in [6, 6.07) is 11.2. The molecule has 1 saturated carbocycles. The Morgan fingerprint density at radius 3 is 2.44 bits per heavy atom. The van der Waals surface area contributed by atoms with Gasteiger partial charge in [0.15, 0.2) is 0 Å². The van der Waals surface area contributed by atoms with Crippen molar-refractivity contribution in [3.63, 3.8) is 0 Å². The maximum absolute atomic E-state index is 12.3. The van der Waals surface area contributed by atoms with Crippen molar-refractivity contribution in [3.8, 4) is 5.75 Å². The lowest BCUT2D eigenvalue weighted by Gasteiger charge is -2.36. The molecule has 27 heavy (non-hydrogen) atoms. The monoisotopic (exact) mass is 386 g/mol. The molecule has 1 aliphatic rings. The summed E-state index contributed by atoms with van der Waals surface area (Å²) < 4.78 is 5.37. The fourth-order valence-electron chi connectivity index (χ4n) is 3.64. The van der Waals surface area contributed by atoms with Gasteiger partial charge in [0.25, 0.3) is 0 Å². The Kier molecular flexibility index (Phi) is 6.50. The first-order valence-corrected chi connectivity index (χ1v) is 10.4. The first-order chi connectivity index (χ1) is 13.1. The molecule has 0 aliphatic heterocycles. The molecule has 1 aromatic carbocycles. The largest absolute Gasteiger partial charge is 0.494 e. The molecule has 3 rings (SSSR count). The average molecular weight is 387 g/mol. The highest BCUT2D eigenvalue weighted by atomic mass is 32.1. The molecule has 0 radical (unpaired) electrons. The Balaban J connectivity index is 1.58. The van der Waals surface area contributed by atoms with Crippen LogP contribution in [0.1, 0.15) is 43.9 Å². The van der Waals surface area contributed by atoms with E-state index < -0.39 is 11.8 Å². The molecule has 2 aromatic rings. The third-order valence-electron chi connectivity index (χ3n) is 5.07. The summed E-state index contributed by atoms with van der Waals surface area (Å²) in [4.78, 5) is 25.9. The molecular weight excluding hydrogens is 360 g/mol. The van der Waals surface area contributed by atoms with E-state index in [-0.39, 0.29) is 5.41 Å². The number of nitrogens with one attached hydrogen (secondary N) is 2. The van der Waals surface area contributed by atoms with Crippen molar-refractivity contribution in [2.75, 3.05) is 18.5 Å². The Morgan fingerprint density at radius 1 is 1.07 bits per heavy atom. The smallest absolute Gasteiger partial charge is 0.313 e. The van der Waals surface area contributed by atoms with E-state index in [0.717, 1.165) is 31.4 Å². The highest BCUT2D eigenvalue weighted by molar-refractivity contribution is 7.10. The number of rotatable bonds is 6. The number of hydrogen-bond acceptors (Lipinski definition) is 4. The zero-order valence-corrected chi connectivity index (χ0v) is 16.4. The standard InChI is InChI=1S/C21H26N2O3S/c1-2-26-17-10-8-16(9-11-17)23-20(25)19(24)22-15-21(12-4-3-5-13-21)18-7-6-14-27-18/h6-11,14H,2-5,12-13,15H2,1H3,(H,22,24)(H,23,25). The second-order valence-electron chi connectivity index (χ2n) is 6.91. The van der Waals surface area contributed by atoms with Gasteiger partial charge < -0.3 is 15.4 Å². The first-order valence-electron chi connectivity index (χ1n) is 9.49. The van der Waals surface area contributed by atoms with Gasteiger partial charge in [0.2, 0.25) is 0 Å². The summed E-state index contributed by atoms with van der Waals surface area (Å²) in [6.07, 6.45) is 5.65. The second kappa shape index (κ2) is 9.04. The van der Waals surface area contributed by atoms with Crippen LogP contribution in [0.15, 0.2) is 41.8 Å². The number of hydrogen-bond donors (Lipinski definition) is 2. The van der Waals surface area contributed by atoms with E-state index in [0.29, 0.717) is 18.8 Å². The van der Waals surface area contributed by atoms with Gasteiger partial charge in [-0.05, 0) is 55.5 Å². The predicted molar refractivity (Wildman–Crippen MR) is 108 cm³/mol. The maximum atomic E-state index is 12.3. The number of benzene rings is 1. The van der Waals surface area contributed by atoms with E-state index in [1.54, 1.807) is 35.6 Å². The summed E-state index contributed by atoms with van der Waals surface area (Å²) >= 11 is 1.73. The molecule has 0 bridgehead atoms. The topological polar surface area (TPSA) is 67.4 Å². The molecular formula is C21H26N2O3S. The van der Waals surface area contributed by atoms with Crippen LogP contribution in [0.3, 0.4) is 0 Å². The minimum atomic E-state index is -0.642. The van der Waals surface area contributed by atoms with Crippen molar-refractivity contribution in [2.24, 2.45) is 0 Å². The molecule has 2 N–H and O–H groups in total. The molecule has 2 amide bonds. The number of carbonyl (C=O) groups is 2. The normalized spacial score (nSPS) is 15.7. The van der Waals surface area contributed by atoms with Gasteiger partial charge in [0.05, 0.1) is 6.61 Å². The third kappa shape index (κ3) is 4.89. The van der Waals surface area contributed by atoms with Crippen LogP contribution in [0.2, 0.25) is 0 Å². The molecule has 1 aromatic heterocycles. The molecule has 0 atom stereocenters. The van der Waals surface area contributed by atoms with E-state index in [1.165, 1.54) is 11.3 Å². The van der Waals surface area contributed by atoms with Crippen LogP contribution in [-0.4, -0.2) is 25.0 Å². The summed E-state index contributed by atoms with van der Waals surface area (Å²) in [5.41, 5.74) is 0.533. The summed E-state index contributed by atoms with van der Waals surface area (Å²) in [5.74, 6) is -0.503. The van der Waals surface area contributed by atoms with Gasteiger partial charge in [-0.3, -0.25) is 9.59 Å². The Morgan fingerprint density at radius 2 is 1.81 bits per heavy atom. The lowest BCUT2D eigenvalue weighted by molar-refractivity contribution is -0.136. The second-order valence-corrected chi connectivity index (χ2v) is 7.86. The van der Waals surface area contributed by atoms with Crippen molar-refractivity contribution >= 4 is 28.8 Å². The number of ether oxygens (including phenoxy) is 1. The van der Waals surface area contributed by atoms with Gasteiger partial charge in [0.1, 0.15) is 5.75 Å². The third-order valence-corrected chi connectivity index (χ3v) is 6.19. The van der Waals surface area contributed by atoms with E-state index in [4.69, 9.17) is 4.74 Å². The lowest BCUT2D eigenvalue weighted by Crippen LogP contribution is -2.45. The zero-order chi connectivity index (χ0) is 19.1. The lowest BCUT2D eigenvalue weighted by atomic mass is 9.73. The zero-order valence-electron chi connectivity index (χ0n) is 15.6. The van der Waals surface area contributed by atoms with Gasteiger partial charge in [0, 0.05) is 22.5 Å². The fraction of sp³-hybridized carbons (Fsp3) is 0.429. The van der Waals surface area contributed by atoms with Crippen LogP contribution in [0.4, 0.5) is 5.69 Å². The molecule has 6 heteroatoms. The predicted octanol–water partition coefficient (Wildman–Crippen LogP) is 4.10. The average Bonchev–Trinajstić information content (AvgIpc) is 3.24. The van der Waals surface area contributed by atoms with Crippen molar-refractivity contribution in [2.45, 2.75) is 44.4 Å². The van der Waals surface area contributed by atoms with Crippen LogP contribution in [0.25, 0.3) is 0 Å². The number of anilines is 1. The van der Waals surface area contributed by atoms with Gasteiger partial charge >= 0.3 is 11.8 Å². The molecule has 0 saturated heterocycles. The van der Waals surface area contributed by atoms with Crippen molar-refractivity contribution in [1.29, 1.82) is 0 Å². The molecule has 5 nitrogen and oxygen atoms in total. The molecule has 144 valence electrons. The molecule has 1 heterocycles. The van der Waals surface area contributed by atoms with Gasteiger partial charge in [-0.1, -0.05) is 25.3 Å². The Labute approximate surface area is 164 Å². The first kappa shape index (κ1) is 19.4. The number of amides is 2. The highest BCUT2D eigenvalue weighted by Gasteiger charge is 2.35. The van der Waals surface area contributed by atoms with Gasteiger partial charge in [-0.25, -0.2) is 0 Å². The minimum absolute atomic E-state index is 0.0402. The van der Waals surface area contributed by atoms with E-state index in [2.05, 4.69) is 28.1 Å². The van der Waals surface area contributed by atoms with Crippen molar-refractivity contribution in [3.05, 3.63) is 46.7 Å². The Hall–Kier alpha value is -2.34. The SMILES string of the molecule is CCOc1ccc(NC(=O)C(=O)NCC2(c3cccs3)CCCCC2)cc1. The maximum Gasteiger partial charge on any atom is 0.313 e. The van der Waals surface area contributed by atoms with E-state index in [9.17, 15) is 9.59 Å². The Bertz CT molecular complexity index is 750. The van der Waals surface area contributed by atoms with Crippen LogP contribution in [-0.2, 0) is 15.0 Å². The van der Waals surface area contributed by atoms with Crippen molar-refractivity contribution < 1.29 is 14.3 Å². The summed E-state index contributed by atoms with van der Waals surface area (Å²) in [6.45, 7) is 3.00. The highest BCUT2D eigenvalue weighted by Crippen LogP contribution is 2.41. The number of thiophene rings is 1. The van der Waals surface area contributed by atoms with Crippen molar-refractivity contribution in [1.82, 2.24) is 5.32 Å². The molecule has 1 fully saturated rings. The molecule has 1 aliphatic carbocycles.